The van der Waals surface area contributed by atoms with Gasteiger partial charge in [0.25, 0.3) is 17.7 Å². The minimum Gasteiger partial charge on any atom is -0.459 e. The minimum atomic E-state index is -0.372. The molecule has 2 heterocycles. The summed E-state index contributed by atoms with van der Waals surface area (Å²) in [5.41, 5.74) is 1.90. The summed E-state index contributed by atoms with van der Waals surface area (Å²) in [6.45, 7) is 1.80. The highest BCUT2D eigenvalue weighted by molar-refractivity contribution is 7.18. The lowest BCUT2D eigenvalue weighted by atomic mass is 10.2. The van der Waals surface area contributed by atoms with Crippen molar-refractivity contribution in [1.82, 2.24) is 5.32 Å². The van der Waals surface area contributed by atoms with E-state index in [1.54, 1.807) is 49.4 Å². The molecule has 3 N–H and O–H groups in total. The second-order valence-electron chi connectivity index (χ2n) is 6.83. The summed E-state index contributed by atoms with van der Waals surface area (Å²) < 4.78 is 5.07. The minimum absolute atomic E-state index is 0.101. The Morgan fingerprint density at radius 3 is 2.41 bits per heavy atom. The van der Waals surface area contributed by atoms with Crippen LogP contribution in [0.15, 0.2) is 53.1 Å². The second-order valence-corrected chi connectivity index (χ2v) is 7.89. The van der Waals surface area contributed by atoms with Crippen molar-refractivity contribution in [3.05, 3.63) is 70.5 Å². The Labute approximate surface area is 171 Å². The van der Waals surface area contributed by atoms with Gasteiger partial charge in [0.05, 0.1) is 16.1 Å². The van der Waals surface area contributed by atoms with Crippen LogP contribution in [0.2, 0.25) is 0 Å². The molecule has 29 heavy (non-hydrogen) atoms. The number of nitrogens with one attached hydrogen (secondary N) is 3. The molecular formula is C21H19N3O4S. The number of aryl methyl sites for hydroxylation is 1. The molecule has 1 fully saturated rings. The highest BCUT2D eigenvalue weighted by Crippen LogP contribution is 2.28. The lowest BCUT2D eigenvalue weighted by Gasteiger charge is -2.07. The number of furan rings is 1. The van der Waals surface area contributed by atoms with Gasteiger partial charge in [-0.05, 0) is 67.8 Å². The van der Waals surface area contributed by atoms with Crippen LogP contribution in [-0.4, -0.2) is 23.8 Å². The molecule has 0 unspecified atom stereocenters. The quantitative estimate of drug-likeness (QED) is 0.572. The van der Waals surface area contributed by atoms with Gasteiger partial charge in [-0.25, -0.2) is 0 Å². The van der Waals surface area contributed by atoms with Crippen LogP contribution >= 0.6 is 11.3 Å². The molecule has 8 heteroatoms. The summed E-state index contributed by atoms with van der Waals surface area (Å²) in [5, 5.41) is 9.03. The van der Waals surface area contributed by atoms with Gasteiger partial charge in [0.15, 0.2) is 5.76 Å². The smallest absolute Gasteiger partial charge is 0.291 e. The first-order valence-electron chi connectivity index (χ1n) is 9.17. The van der Waals surface area contributed by atoms with Crippen LogP contribution in [0.5, 0.6) is 0 Å². The van der Waals surface area contributed by atoms with Crippen molar-refractivity contribution in [2.24, 2.45) is 0 Å². The molecular weight excluding hydrogens is 390 g/mol. The Kier molecular flexibility index (Phi) is 5.18. The van der Waals surface area contributed by atoms with E-state index in [0.717, 1.165) is 18.4 Å². The summed E-state index contributed by atoms with van der Waals surface area (Å²) in [5.74, 6) is -0.547. The molecule has 148 valence electrons. The molecule has 0 bridgehead atoms. The molecule has 0 spiro atoms. The lowest BCUT2D eigenvalue weighted by Crippen LogP contribution is -2.25. The highest BCUT2D eigenvalue weighted by atomic mass is 32.1. The van der Waals surface area contributed by atoms with Crippen molar-refractivity contribution < 1.29 is 18.8 Å². The third-order valence-electron chi connectivity index (χ3n) is 4.42. The van der Waals surface area contributed by atoms with Crippen LogP contribution in [0.1, 0.15) is 49.0 Å². The van der Waals surface area contributed by atoms with Crippen molar-refractivity contribution in [2.75, 3.05) is 10.6 Å². The third-order valence-corrected chi connectivity index (χ3v) is 5.57. The van der Waals surface area contributed by atoms with Crippen LogP contribution in [0, 0.1) is 6.92 Å². The number of benzene rings is 1. The summed E-state index contributed by atoms with van der Waals surface area (Å²) in [6.07, 6.45) is 3.49. The van der Waals surface area contributed by atoms with E-state index in [1.807, 2.05) is 0 Å². The summed E-state index contributed by atoms with van der Waals surface area (Å²) in [4.78, 5) is 37.2. The summed E-state index contributed by atoms with van der Waals surface area (Å²) >= 11 is 1.18. The van der Waals surface area contributed by atoms with Crippen LogP contribution < -0.4 is 16.0 Å². The fourth-order valence-corrected chi connectivity index (χ4v) is 3.70. The SMILES string of the molecule is Cc1cc(NC(=O)c2ccco2)sc1C(=O)Nc1ccc(C(=O)NC2CC2)cc1. The fourth-order valence-electron chi connectivity index (χ4n) is 2.74. The predicted molar refractivity (Wildman–Crippen MR) is 111 cm³/mol. The Morgan fingerprint density at radius 1 is 1.00 bits per heavy atom. The molecule has 7 nitrogen and oxygen atoms in total. The maximum atomic E-state index is 12.6. The molecule has 3 aromatic rings. The molecule has 0 saturated heterocycles. The van der Waals surface area contributed by atoms with Crippen molar-refractivity contribution in [2.45, 2.75) is 25.8 Å². The monoisotopic (exact) mass is 409 g/mol. The van der Waals surface area contributed by atoms with Crippen molar-refractivity contribution in [3.63, 3.8) is 0 Å². The number of thiophene rings is 1. The Bertz CT molecular complexity index is 1050. The molecule has 4 rings (SSSR count). The molecule has 1 aliphatic rings. The van der Waals surface area contributed by atoms with Gasteiger partial charge in [0.1, 0.15) is 0 Å². The van der Waals surface area contributed by atoms with Crippen LogP contribution in [0.3, 0.4) is 0 Å². The van der Waals surface area contributed by atoms with E-state index in [9.17, 15) is 14.4 Å². The normalized spacial score (nSPS) is 13.0. The Hall–Kier alpha value is -3.39. The number of rotatable bonds is 6. The van der Waals surface area contributed by atoms with E-state index in [2.05, 4.69) is 16.0 Å². The van der Waals surface area contributed by atoms with Crippen molar-refractivity contribution >= 4 is 39.7 Å². The average molecular weight is 409 g/mol. The van der Waals surface area contributed by atoms with E-state index >= 15 is 0 Å². The third kappa shape index (κ3) is 4.55. The predicted octanol–water partition coefficient (Wildman–Crippen LogP) is 4.05. The average Bonchev–Trinajstić information content (AvgIpc) is 3.19. The molecule has 0 radical (unpaired) electrons. The van der Waals surface area contributed by atoms with Crippen LogP contribution in [-0.2, 0) is 0 Å². The molecule has 1 aliphatic carbocycles. The van der Waals surface area contributed by atoms with Crippen LogP contribution in [0.4, 0.5) is 10.7 Å². The highest BCUT2D eigenvalue weighted by Gasteiger charge is 2.23. The summed E-state index contributed by atoms with van der Waals surface area (Å²) in [7, 11) is 0. The summed E-state index contributed by atoms with van der Waals surface area (Å²) in [6, 6.07) is 12.0. The number of hydrogen-bond acceptors (Lipinski definition) is 5. The fraction of sp³-hybridized carbons (Fsp3) is 0.190. The Balaban J connectivity index is 1.39. The maximum absolute atomic E-state index is 12.6. The Morgan fingerprint density at radius 2 is 1.76 bits per heavy atom. The standard InChI is InChI=1S/C21H19N3O4S/c1-12-11-17(24-20(26)16-3-2-10-28-16)29-18(12)21(27)23-14-6-4-13(5-7-14)19(25)22-15-8-9-15/h2-7,10-11,15H,8-9H2,1H3,(H,22,25)(H,23,27)(H,24,26). The van der Waals surface area contributed by atoms with E-state index in [-0.39, 0.29) is 23.5 Å². The molecule has 3 amide bonds. The van der Waals surface area contributed by atoms with Gasteiger partial charge < -0.3 is 20.4 Å². The first-order chi connectivity index (χ1) is 14.0. The van der Waals surface area contributed by atoms with E-state index < -0.39 is 0 Å². The topological polar surface area (TPSA) is 100 Å². The number of amides is 3. The first-order valence-corrected chi connectivity index (χ1v) is 9.99. The lowest BCUT2D eigenvalue weighted by molar-refractivity contribution is 0.0949. The van der Waals surface area contributed by atoms with Gasteiger partial charge in [-0.3, -0.25) is 14.4 Å². The maximum Gasteiger partial charge on any atom is 0.291 e. The molecule has 2 aromatic heterocycles. The van der Waals surface area contributed by atoms with Gasteiger partial charge in [-0.15, -0.1) is 11.3 Å². The molecule has 1 saturated carbocycles. The number of hydrogen-bond donors (Lipinski definition) is 3. The van der Waals surface area contributed by atoms with Crippen molar-refractivity contribution in [3.8, 4) is 0 Å². The number of carbonyl (C=O) groups is 3. The van der Waals surface area contributed by atoms with E-state index in [1.165, 1.54) is 17.6 Å². The molecule has 0 atom stereocenters. The van der Waals surface area contributed by atoms with E-state index in [0.29, 0.717) is 27.2 Å². The van der Waals surface area contributed by atoms with Gasteiger partial charge >= 0.3 is 0 Å². The first kappa shape index (κ1) is 18.9. The zero-order valence-corrected chi connectivity index (χ0v) is 16.5. The van der Waals surface area contributed by atoms with E-state index in [4.69, 9.17) is 4.42 Å². The zero-order chi connectivity index (χ0) is 20.4. The van der Waals surface area contributed by atoms with Gasteiger partial charge in [0.2, 0.25) is 0 Å². The van der Waals surface area contributed by atoms with Gasteiger partial charge in [-0.2, -0.15) is 0 Å². The number of carbonyl (C=O) groups excluding carboxylic acids is 3. The largest absolute Gasteiger partial charge is 0.459 e. The molecule has 0 aliphatic heterocycles. The number of anilines is 2. The van der Waals surface area contributed by atoms with Crippen molar-refractivity contribution in [1.29, 1.82) is 0 Å². The van der Waals surface area contributed by atoms with Gasteiger partial charge in [0, 0.05) is 17.3 Å². The zero-order valence-electron chi connectivity index (χ0n) is 15.7. The van der Waals surface area contributed by atoms with Crippen LogP contribution in [0.25, 0.3) is 0 Å². The second kappa shape index (κ2) is 7.92. The molecule has 1 aromatic carbocycles. The van der Waals surface area contributed by atoms with Gasteiger partial charge in [-0.1, -0.05) is 0 Å².